The van der Waals surface area contributed by atoms with Gasteiger partial charge in [0.2, 0.25) is 12.7 Å². The SMILES string of the molecule is O=C(Cn1cnc(-c2ccc3c(c2)OCO3)cc1=O)NCc1ccc(Cl)cc1. The van der Waals surface area contributed by atoms with Gasteiger partial charge in [-0.2, -0.15) is 0 Å². The first-order valence-electron chi connectivity index (χ1n) is 8.56. The normalized spacial score (nSPS) is 12.0. The fourth-order valence-corrected chi connectivity index (χ4v) is 2.90. The minimum atomic E-state index is -0.315. The summed E-state index contributed by atoms with van der Waals surface area (Å²) in [5, 5.41) is 3.40. The second kappa shape index (κ2) is 7.74. The van der Waals surface area contributed by atoms with Crippen molar-refractivity contribution >= 4 is 17.5 Å². The van der Waals surface area contributed by atoms with Gasteiger partial charge in [-0.15, -0.1) is 0 Å². The average molecular weight is 398 g/mol. The molecule has 1 aromatic heterocycles. The summed E-state index contributed by atoms with van der Waals surface area (Å²) in [6.45, 7) is 0.424. The lowest BCUT2D eigenvalue weighted by Crippen LogP contribution is -2.31. The van der Waals surface area contributed by atoms with Gasteiger partial charge in [0, 0.05) is 23.2 Å². The Morgan fingerprint density at radius 1 is 1.11 bits per heavy atom. The van der Waals surface area contributed by atoms with Crippen LogP contribution in [0.15, 0.2) is 59.7 Å². The van der Waals surface area contributed by atoms with E-state index in [2.05, 4.69) is 10.3 Å². The van der Waals surface area contributed by atoms with Crippen LogP contribution in [0, 0.1) is 0 Å². The number of nitrogens with zero attached hydrogens (tertiary/aromatic N) is 2. The highest BCUT2D eigenvalue weighted by atomic mass is 35.5. The van der Waals surface area contributed by atoms with Crippen LogP contribution in [0.25, 0.3) is 11.3 Å². The first kappa shape index (κ1) is 18.1. The highest BCUT2D eigenvalue weighted by Gasteiger charge is 2.15. The van der Waals surface area contributed by atoms with Crippen molar-refractivity contribution < 1.29 is 14.3 Å². The second-order valence-electron chi connectivity index (χ2n) is 6.21. The molecule has 1 aliphatic heterocycles. The van der Waals surface area contributed by atoms with Gasteiger partial charge in [-0.3, -0.25) is 14.2 Å². The van der Waals surface area contributed by atoms with Crippen LogP contribution in [0.1, 0.15) is 5.56 Å². The summed E-state index contributed by atoms with van der Waals surface area (Å²) in [5.41, 5.74) is 1.84. The molecule has 7 nitrogen and oxygen atoms in total. The maximum atomic E-state index is 12.4. The second-order valence-corrected chi connectivity index (χ2v) is 6.65. The number of rotatable bonds is 5. The third-order valence-electron chi connectivity index (χ3n) is 4.26. The van der Waals surface area contributed by atoms with E-state index in [0.29, 0.717) is 28.8 Å². The van der Waals surface area contributed by atoms with Crippen LogP contribution in [-0.4, -0.2) is 22.3 Å². The number of amides is 1. The molecule has 0 fully saturated rings. The minimum Gasteiger partial charge on any atom is -0.454 e. The largest absolute Gasteiger partial charge is 0.454 e. The summed E-state index contributed by atoms with van der Waals surface area (Å²) in [7, 11) is 0. The van der Waals surface area contributed by atoms with E-state index in [1.165, 1.54) is 17.0 Å². The molecule has 28 heavy (non-hydrogen) atoms. The predicted octanol–water partition coefficient (Wildman–Crippen LogP) is 2.61. The van der Waals surface area contributed by atoms with E-state index in [-0.39, 0.29) is 24.8 Å². The molecular formula is C20H16ClN3O4. The Morgan fingerprint density at radius 2 is 1.89 bits per heavy atom. The van der Waals surface area contributed by atoms with Crippen molar-refractivity contribution in [1.82, 2.24) is 14.9 Å². The molecule has 2 heterocycles. The highest BCUT2D eigenvalue weighted by Crippen LogP contribution is 2.35. The standard InChI is InChI=1S/C20H16ClN3O4/c21-15-4-1-13(2-5-15)9-22-19(25)10-24-11-23-16(8-20(24)26)14-3-6-17-18(7-14)28-12-27-17/h1-8,11H,9-10,12H2,(H,22,25). The number of nitrogens with one attached hydrogen (secondary N) is 1. The molecule has 0 bridgehead atoms. The van der Waals surface area contributed by atoms with E-state index in [9.17, 15) is 9.59 Å². The molecule has 1 amide bonds. The van der Waals surface area contributed by atoms with Crippen LogP contribution >= 0.6 is 11.6 Å². The molecule has 3 aromatic rings. The monoisotopic (exact) mass is 397 g/mol. The van der Waals surface area contributed by atoms with Crippen molar-refractivity contribution in [2.24, 2.45) is 0 Å². The van der Waals surface area contributed by atoms with E-state index >= 15 is 0 Å². The van der Waals surface area contributed by atoms with Gasteiger partial charge >= 0.3 is 0 Å². The van der Waals surface area contributed by atoms with E-state index in [4.69, 9.17) is 21.1 Å². The van der Waals surface area contributed by atoms with Gasteiger partial charge in [0.25, 0.3) is 5.56 Å². The molecule has 0 atom stereocenters. The average Bonchev–Trinajstić information content (AvgIpc) is 3.17. The number of hydrogen-bond acceptors (Lipinski definition) is 5. The van der Waals surface area contributed by atoms with Gasteiger partial charge in [0.05, 0.1) is 12.0 Å². The summed E-state index contributed by atoms with van der Waals surface area (Å²) in [6, 6.07) is 13.9. The fourth-order valence-electron chi connectivity index (χ4n) is 2.77. The Kier molecular flexibility index (Phi) is 4.99. The lowest BCUT2D eigenvalue weighted by Gasteiger charge is -2.08. The molecule has 2 aromatic carbocycles. The van der Waals surface area contributed by atoms with Crippen molar-refractivity contribution in [3.63, 3.8) is 0 Å². The van der Waals surface area contributed by atoms with Crippen molar-refractivity contribution in [3.8, 4) is 22.8 Å². The Balaban J connectivity index is 1.42. The van der Waals surface area contributed by atoms with Crippen LogP contribution in [0.3, 0.4) is 0 Å². The molecule has 0 saturated carbocycles. The molecule has 142 valence electrons. The number of benzene rings is 2. The molecule has 0 spiro atoms. The van der Waals surface area contributed by atoms with Gasteiger partial charge < -0.3 is 14.8 Å². The maximum Gasteiger partial charge on any atom is 0.254 e. The van der Waals surface area contributed by atoms with Crippen LogP contribution in [-0.2, 0) is 17.9 Å². The Hall–Kier alpha value is -3.32. The summed E-state index contributed by atoms with van der Waals surface area (Å²) in [6.07, 6.45) is 1.37. The molecule has 4 rings (SSSR count). The number of ether oxygens (including phenoxy) is 2. The lowest BCUT2D eigenvalue weighted by atomic mass is 10.1. The first-order valence-corrected chi connectivity index (χ1v) is 8.94. The van der Waals surface area contributed by atoms with Gasteiger partial charge in [-0.25, -0.2) is 4.98 Å². The Morgan fingerprint density at radius 3 is 2.68 bits per heavy atom. The van der Waals surface area contributed by atoms with E-state index < -0.39 is 0 Å². The van der Waals surface area contributed by atoms with Crippen LogP contribution in [0.4, 0.5) is 0 Å². The topological polar surface area (TPSA) is 82.5 Å². The number of fused-ring (bicyclic) bond motifs is 1. The molecule has 0 radical (unpaired) electrons. The van der Waals surface area contributed by atoms with E-state index in [1.807, 2.05) is 12.1 Å². The predicted molar refractivity (Wildman–Crippen MR) is 103 cm³/mol. The minimum absolute atomic E-state index is 0.110. The first-order chi connectivity index (χ1) is 13.6. The molecular weight excluding hydrogens is 382 g/mol. The lowest BCUT2D eigenvalue weighted by molar-refractivity contribution is -0.121. The van der Waals surface area contributed by atoms with Crippen LogP contribution in [0.2, 0.25) is 5.02 Å². The van der Waals surface area contributed by atoms with Gasteiger partial charge in [0.1, 0.15) is 6.54 Å². The summed E-state index contributed by atoms with van der Waals surface area (Å²) in [4.78, 5) is 28.8. The molecule has 1 N–H and O–H groups in total. The maximum absolute atomic E-state index is 12.4. The smallest absolute Gasteiger partial charge is 0.254 e. The van der Waals surface area contributed by atoms with Crippen molar-refractivity contribution in [3.05, 3.63) is 75.8 Å². The van der Waals surface area contributed by atoms with Crippen molar-refractivity contribution in [2.75, 3.05) is 6.79 Å². The molecule has 1 aliphatic rings. The number of hydrogen-bond donors (Lipinski definition) is 1. The highest BCUT2D eigenvalue weighted by molar-refractivity contribution is 6.30. The number of carbonyl (C=O) groups excluding carboxylic acids is 1. The number of carbonyl (C=O) groups is 1. The fraction of sp³-hybridized carbons (Fsp3) is 0.150. The van der Waals surface area contributed by atoms with Crippen molar-refractivity contribution in [1.29, 1.82) is 0 Å². The van der Waals surface area contributed by atoms with Gasteiger partial charge in [-0.1, -0.05) is 23.7 Å². The zero-order valence-corrected chi connectivity index (χ0v) is 15.5. The van der Waals surface area contributed by atoms with Crippen molar-refractivity contribution in [2.45, 2.75) is 13.1 Å². The van der Waals surface area contributed by atoms with E-state index in [1.54, 1.807) is 30.3 Å². The summed E-state index contributed by atoms with van der Waals surface area (Å²) in [5.74, 6) is 0.995. The summed E-state index contributed by atoms with van der Waals surface area (Å²) >= 11 is 5.84. The zero-order valence-electron chi connectivity index (χ0n) is 14.7. The molecule has 0 saturated heterocycles. The number of halogens is 1. The Bertz CT molecular complexity index is 1080. The zero-order chi connectivity index (χ0) is 19.5. The number of aromatic nitrogens is 2. The van der Waals surface area contributed by atoms with E-state index in [0.717, 1.165) is 11.1 Å². The molecule has 8 heteroatoms. The quantitative estimate of drug-likeness (QED) is 0.715. The molecule has 0 aliphatic carbocycles. The van der Waals surface area contributed by atoms with Crippen LogP contribution in [0.5, 0.6) is 11.5 Å². The van der Waals surface area contributed by atoms with Crippen LogP contribution < -0.4 is 20.3 Å². The Labute approximate surface area is 165 Å². The summed E-state index contributed by atoms with van der Waals surface area (Å²) < 4.78 is 11.9. The third kappa shape index (κ3) is 3.99. The van der Waals surface area contributed by atoms with Gasteiger partial charge in [0.15, 0.2) is 11.5 Å². The molecule has 0 unspecified atom stereocenters. The third-order valence-corrected chi connectivity index (χ3v) is 4.52. The van der Waals surface area contributed by atoms with Gasteiger partial charge in [-0.05, 0) is 35.9 Å².